The predicted octanol–water partition coefficient (Wildman–Crippen LogP) is 2.56. The number of hydrogen-bond donors (Lipinski definition) is 1. The molecule has 29 heavy (non-hydrogen) atoms. The minimum atomic E-state index is -0.948. The van der Waals surface area contributed by atoms with E-state index in [0.29, 0.717) is 41.9 Å². The van der Waals surface area contributed by atoms with Gasteiger partial charge in [-0.25, -0.2) is 4.79 Å². The van der Waals surface area contributed by atoms with Crippen LogP contribution in [0.3, 0.4) is 0 Å². The summed E-state index contributed by atoms with van der Waals surface area (Å²) in [4.78, 5) is 24.5. The Bertz CT molecular complexity index is 914. The lowest BCUT2D eigenvalue weighted by Gasteiger charge is -2.30. The van der Waals surface area contributed by atoms with Gasteiger partial charge < -0.3 is 29.0 Å². The van der Waals surface area contributed by atoms with Gasteiger partial charge in [-0.2, -0.15) is 0 Å². The highest BCUT2D eigenvalue weighted by Crippen LogP contribution is 2.34. The molecule has 0 saturated carbocycles. The topological polar surface area (TPSA) is 92.3 Å². The van der Waals surface area contributed by atoms with E-state index in [1.54, 1.807) is 43.3 Å². The van der Waals surface area contributed by atoms with Crippen molar-refractivity contribution in [2.24, 2.45) is 0 Å². The van der Waals surface area contributed by atoms with Gasteiger partial charge in [-0.3, -0.25) is 4.79 Å². The molecule has 152 valence electrons. The maximum Gasteiger partial charge on any atom is 0.351 e. The quantitative estimate of drug-likeness (QED) is 0.790. The molecule has 0 bridgehead atoms. The van der Waals surface area contributed by atoms with Gasteiger partial charge in [0.15, 0.2) is 29.6 Å². The summed E-state index contributed by atoms with van der Waals surface area (Å²) < 4.78 is 27.6. The summed E-state index contributed by atoms with van der Waals surface area (Å²) in [6.45, 7) is 2.40. The Labute approximate surface area is 167 Å². The molecule has 0 spiro atoms. The van der Waals surface area contributed by atoms with Crippen molar-refractivity contribution in [2.75, 3.05) is 25.1 Å². The number of amides is 1. The second-order valence-electron chi connectivity index (χ2n) is 6.68. The Morgan fingerprint density at radius 2 is 1.72 bits per heavy atom. The Kier molecular flexibility index (Phi) is 5.41. The number of para-hydroxylation sites is 2. The Balaban J connectivity index is 1.32. The number of nitrogens with one attached hydrogen (secondary N) is 1. The van der Waals surface area contributed by atoms with Crippen LogP contribution in [0.25, 0.3) is 0 Å². The van der Waals surface area contributed by atoms with E-state index >= 15 is 0 Å². The van der Waals surface area contributed by atoms with Crippen molar-refractivity contribution in [2.45, 2.75) is 25.6 Å². The molecule has 2 aromatic carbocycles. The molecule has 1 N–H and O–H groups in total. The molecule has 0 saturated heterocycles. The molecule has 0 radical (unpaired) electrons. The predicted molar refractivity (Wildman–Crippen MR) is 103 cm³/mol. The molecule has 0 aliphatic carbocycles. The van der Waals surface area contributed by atoms with Crippen LogP contribution in [0.15, 0.2) is 42.5 Å². The largest absolute Gasteiger partial charge is 0.490 e. The number of ether oxygens (including phenoxy) is 5. The lowest BCUT2D eigenvalue weighted by atomic mass is 10.2. The van der Waals surface area contributed by atoms with Crippen molar-refractivity contribution in [1.29, 1.82) is 0 Å². The zero-order valence-corrected chi connectivity index (χ0v) is 15.9. The minimum absolute atomic E-state index is 0.443. The summed E-state index contributed by atoms with van der Waals surface area (Å²) in [7, 11) is 0. The molecule has 1 amide bonds. The molecule has 2 aliphatic rings. The molecule has 0 fully saturated rings. The minimum Gasteiger partial charge on any atom is -0.490 e. The summed E-state index contributed by atoms with van der Waals surface area (Å²) in [6.07, 6.45) is -0.694. The van der Waals surface area contributed by atoms with Gasteiger partial charge in [0.05, 0.1) is 13.2 Å². The third-order valence-electron chi connectivity index (χ3n) is 4.45. The highest BCUT2D eigenvalue weighted by molar-refractivity contribution is 5.93. The summed E-state index contributed by atoms with van der Waals surface area (Å²) >= 11 is 0. The second kappa shape index (κ2) is 8.30. The number of benzene rings is 2. The highest BCUT2D eigenvalue weighted by atomic mass is 16.6. The van der Waals surface area contributed by atoms with Crippen LogP contribution in [-0.4, -0.2) is 43.9 Å². The molecule has 2 unspecified atom stereocenters. The molecule has 8 nitrogen and oxygen atoms in total. The van der Waals surface area contributed by atoms with Crippen LogP contribution in [0, 0.1) is 0 Å². The maximum absolute atomic E-state index is 12.4. The molecule has 2 aliphatic heterocycles. The third kappa shape index (κ3) is 4.37. The fourth-order valence-electron chi connectivity index (χ4n) is 3.04. The lowest BCUT2D eigenvalue weighted by molar-refractivity contribution is -0.159. The molecule has 2 heterocycles. The van der Waals surface area contributed by atoms with Crippen LogP contribution in [0.4, 0.5) is 5.69 Å². The van der Waals surface area contributed by atoms with E-state index in [4.69, 9.17) is 23.7 Å². The van der Waals surface area contributed by atoms with E-state index in [0.717, 1.165) is 6.42 Å². The van der Waals surface area contributed by atoms with E-state index in [1.165, 1.54) is 0 Å². The first-order chi connectivity index (χ1) is 14.1. The average Bonchev–Trinajstić information content (AvgIpc) is 2.96. The Morgan fingerprint density at radius 3 is 2.52 bits per heavy atom. The summed E-state index contributed by atoms with van der Waals surface area (Å²) in [5.74, 6) is 1.09. The molecular formula is C21H21NO7. The standard InChI is InChI=1S/C21H21NO7/c1-13-20(29-17-6-3-2-5-16(17)28-13)21(24)27-12-19(23)22-14-7-8-15-18(11-14)26-10-4-9-25-15/h2-3,5-8,11,13,20H,4,9-10,12H2,1H3,(H,22,23). The SMILES string of the molecule is CC1Oc2ccccc2OC1C(=O)OCC(=O)Nc1ccc2c(c1)OCCCO2. The summed E-state index contributed by atoms with van der Waals surface area (Å²) in [5.41, 5.74) is 0.523. The van der Waals surface area contributed by atoms with Crippen molar-refractivity contribution in [1.82, 2.24) is 0 Å². The fourth-order valence-corrected chi connectivity index (χ4v) is 3.04. The van der Waals surface area contributed by atoms with Gasteiger partial charge in [-0.1, -0.05) is 12.1 Å². The van der Waals surface area contributed by atoms with Crippen LogP contribution < -0.4 is 24.3 Å². The van der Waals surface area contributed by atoms with Gasteiger partial charge in [0.2, 0.25) is 6.10 Å². The van der Waals surface area contributed by atoms with Crippen LogP contribution in [0.5, 0.6) is 23.0 Å². The summed E-state index contributed by atoms with van der Waals surface area (Å²) in [5, 5.41) is 2.67. The van der Waals surface area contributed by atoms with Crippen molar-refractivity contribution in [3.63, 3.8) is 0 Å². The van der Waals surface area contributed by atoms with E-state index in [2.05, 4.69) is 5.32 Å². The molecular weight excluding hydrogens is 378 g/mol. The van der Waals surface area contributed by atoms with E-state index in [-0.39, 0.29) is 0 Å². The molecule has 4 rings (SSSR count). The highest BCUT2D eigenvalue weighted by Gasteiger charge is 2.35. The van der Waals surface area contributed by atoms with Crippen molar-refractivity contribution in [3.8, 4) is 23.0 Å². The van der Waals surface area contributed by atoms with Crippen molar-refractivity contribution < 1.29 is 33.3 Å². The van der Waals surface area contributed by atoms with Crippen molar-refractivity contribution >= 4 is 17.6 Å². The first-order valence-corrected chi connectivity index (χ1v) is 9.38. The van der Waals surface area contributed by atoms with Gasteiger partial charge >= 0.3 is 5.97 Å². The number of rotatable bonds is 4. The number of hydrogen-bond acceptors (Lipinski definition) is 7. The fraction of sp³-hybridized carbons (Fsp3) is 0.333. The molecule has 0 aromatic heterocycles. The lowest BCUT2D eigenvalue weighted by Crippen LogP contribution is -2.45. The maximum atomic E-state index is 12.4. The smallest absolute Gasteiger partial charge is 0.351 e. The third-order valence-corrected chi connectivity index (χ3v) is 4.45. The molecule has 2 atom stereocenters. The normalized spacial score (nSPS) is 19.6. The zero-order chi connectivity index (χ0) is 20.2. The first-order valence-electron chi connectivity index (χ1n) is 9.38. The first kappa shape index (κ1) is 18.9. The Hall–Kier alpha value is -3.42. The summed E-state index contributed by atoms with van der Waals surface area (Å²) in [6, 6.07) is 12.2. The monoisotopic (exact) mass is 399 g/mol. The van der Waals surface area contributed by atoms with E-state index < -0.39 is 30.7 Å². The number of fused-ring (bicyclic) bond motifs is 2. The van der Waals surface area contributed by atoms with Crippen LogP contribution in [-0.2, 0) is 14.3 Å². The second-order valence-corrected chi connectivity index (χ2v) is 6.68. The average molecular weight is 399 g/mol. The van der Waals surface area contributed by atoms with Crippen molar-refractivity contribution in [3.05, 3.63) is 42.5 Å². The number of carbonyl (C=O) groups is 2. The molecule has 8 heteroatoms. The number of esters is 1. The van der Waals surface area contributed by atoms with Gasteiger partial charge in [-0.05, 0) is 31.2 Å². The van der Waals surface area contributed by atoms with Crippen LogP contribution >= 0.6 is 0 Å². The molecule has 2 aromatic rings. The van der Waals surface area contributed by atoms with E-state index in [1.807, 2.05) is 6.07 Å². The van der Waals surface area contributed by atoms with Gasteiger partial charge in [0.25, 0.3) is 5.91 Å². The Morgan fingerprint density at radius 1 is 1.00 bits per heavy atom. The van der Waals surface area contributed by atoms with E-state index in [9.17, 15) is 9.59 Å². The van der Waals surface area contributed by atoms with Gasteiger partial charge in [0, 0.05) is 18.2 Å². The van der Waals surface area contributed by atoms with Gasteiger partial charge in [-0.15, -0.1) is 0 Å². The van der Waals surface area contributed by atoms with Crippen LogP contribution in [0.2, 0.25) is 0 Å². The van der Waals surface area contributed by atoms with Gasteiger partial charge in [0.1, 0.15) is 6.10 Å². The zero-order valence-electron chi connectivity index (χ0n) is 15.9. The van der Waals surface area contributed by atoms with Crippen LogP contribution in [0.1, 0.15) is 13.3 Å². The number of carbonyl (C=O) groups excluding carboxylic acids is 2. The number of anilines is 1.